The van der Waals surface area contributed by atoms with Crippen molar-refractivity contribution in [3.05, 3.63) is 65.5 Å². The van der Waals surface area contributed by atoms with Gasteiger partial charge in [-0.2, -0.15) is 4.31 Å². The van der Waals surface area contributed by atoms with Crippen molar-refractivity contribution in [1.29, 1.82) is 0 Å². The van der Waals surface area contributed by atoms with Crippen molar-refractivity contribution in [3.8, 4) is 0 Å². The molecule has 0 radical (unpaired) electrons. The molecular formula is C24H30FN3O4S. The number of ether oxygens (including phenoxy) is 1. The predicted octanol–water partition coefficient (Wildman–Crippen LogP) is 2.38. The predicted molar refractivity (Wildman–Crippen MR) is 122 cm³/mol. The molecule has 1 amide bonds. The van der Waals surface area contributed by atoms with E-state index in [1.54, 1.807) is 0 Å². The second kappa shape index (κ2) is 10.7. The van der Waals surface area contributed by atoms with Crippen molar-refractivity contribution in [3.63, 3.8) is 0 Å². The highest BCUT2D eigenvalue weighted by Gasteiger charge is 2.33. The van der Waals surface area contributed by atoms with Gasteiger partial charge < -0.3 is 10.1 Å². The molecule has 0 spiro atoms. The monoisotopic (exact) mass is 475 g/mol. The Balaban J connectivity index is 1.33. The summed E-state index contributed by atoms with van der Waals surface area (Å²) in [6, 6.07) is 12.9. The van der Waals surface area contributed by atoms with Gasteiger partial charge in [0.2, 0.25) is 15.9 Å². The maximum atomic E-state index is 13.2. The zero-order chi connectivity index (χ0) is 23.3. The standard InChI is InChI=1S/C24H30FN3O4S/c25-22-6-8-23(9-7-22)33(30,31)28-10-2-5-21(18-28)24(29)26-16-19-3-1-4-20(15-19)17-27-11-13-32-14-12-27/h1,3-4,6-9,15,21H,2,5,10-14,16-18H2,(H,26,29). The van der Waals surface area contributed by atoms with Crippen LogP contribution in [0.15, 0.2) is 53.4 Å². The van der Waals surface area contributed by atoms with Crippen molar-refractivity contribution in [2.45, 2.75) is 30.8 Å². The van der Waals surface area contributed by atoms with Gasteiger partial charge in [-0.3, -0.25) is 9.69 Å². The summed E-state index contributed by atoms with van der Waals surface area (Å²) in [5.41, 5.74) is 2.21. The Morgan fingerprint density at radius 3 is 2.55 bits per heavy atom. The van der Waals surface area contributed by atoms with E-state index in [1.807, 2.05) is 12.1 Å². The van der Waals surface area contributed by atoms with Crippen molar-refractivity contribution < 1.29 is 22.3 Å². The molecule has 1 unspecified atom stereocenters. The van der Waals surface area contributed by atoms with E-state index in [0.29, 0.717) is 25.9 Å². The van der Waals surface area contributed by atoms with Gasteiger partial charge >= 0.3 is 0 Å². The van der Waals surface area contributed by atoms with Gasteiger partial charge in [0, 0.05) is 39.3 Å². The van der Waals surface area contributed by atoms with Crippen LogP contribution < -0.4 is 5.32 Å². The van der Waals surface area contributed by atoms with Gasteiger partial charge in [0.05, 0.1) is 24.0 Å². The van der Waals surface area contributed by atoms with Crippen LogP contribution in [0.2, 0.25) is 0 Å². The molecule has 0 bridgehead atoms. The molecule has 0 saturated carbocycles. The van der Waals surface area contributed by atoms with Gasteiger partial charge in [0.25, 0.3) is 0 Å². The number of benzene rings is 2. The van der Waals surface area contributed by atoms with Gasteiger partial charge in [-0.1, -0.05) is 24.3 Å². The van der Waals surface area contributed by atoms with Crippen LogP contribution in [0.25, 0.3) is 0 Å². The van der Waals surface area contributed by atoms with Crippen LogP contribution in [0, 0.1) is 11.7 Å². The number of carbonyl (C=O) groups is 1. The van der Waals surface area contributed by atoms with Gasteiger partial charge in [-0.15, -0.1) is 0 Å². The normalized spacial score (nSPS) is 20.5. The number of nitrogens with one attached hydrogen (secondary N) is 1. The SMILES string of the molecule is O=C(NCc1cccc(CN2CCOCC2)c1)C1CCCN(S(=O)(=O)c2ccc(F)cc2)C1. The Hall–Kier alpha value is -2.33. The van der Waals surface area contributed by atoms with Crippen molar-refractivity contribution in [2.24, 2.45) is 5.92 Å². The summed E-state index contributed by atoms with van der Waals surface area (Å²) in [6.45, 7) is 5.08. The molecule has 7 nitrogen and oxygen atoms in total. The van der Waals surface area contributed by atoms with E-state index in [1.165, 1.54) is 22.0 Å². The quantitative estimate of drug-likeness (QED) is 0.665. The average molecular weight is 476 g/mol. The van der Waals surface area contributed by atoms with Crippen LogP contribution in [0.4, 0.5) is 4.39 Å². The van der Waals surface area contributed by atoms with Crippen LogP contribution in [0.3, 0.4) is 0 Å². The van der Waals surface area contributed by atoms with E-state index < -0.39 is 21.8 Å². The molecule has 2 heterocycles. The summed E-state index contributed by atoms with van der Waals surface area (Å²) in [5, 5.41) is 2.98. The first kappa shape index (κ1) is 23.8. The summed E-state index contributed by atoms with van der Waals surface area (Å²) in [7, 11) is -3.76. The Morgan fingerprint density at radius 2 is 1.79 bits per heavy atom. The highest BCUT2D eigenvalue weighted by atomic mass is 32.2. The molecule has 1 atom stereocenters. The number of carbonyl (C=O) groups excluding carboxylic acids is 1. The summed E-state index contributed by atoms with van der Waals surface area (Å²) in [4.78, 5) is 15.2. The molecule has 2 aromatic carbocycles. The molecule has 0 aliphatic carbocycles. The lowest BCUT2D eigenvalue weighted by Crippen LogP contribution is -2.45. The Bertz CT molecular complexity index is 1060. The fourth-order valence-electron chi connectivity index (χ4n) is 4.32. The number of rotatable bonds is 7. The molecule has 2 aliphatic rings. The third kappa shape index (κ3) is 6.17. The number of amides is 1. The minimum Gasteiger partial charge on any atom is -0.379 e. The first-order valence-corrected chi connectivity index (χ1v) is 12.8. The van der Waals surface area contributed by atoms with Crippen LogP contribution >= 0.6 is 0 Å². The average Bonchev–Trinajstić information content (AvgIpc) is 2.84. The highest BCUT2D eigenvalue weighted by molar-refractivity contribution is 7.89. The van der Waals surface area contributed by atoms with E-state index in [9.17, 15) is 17.6 Å². The first-order chi connectivity index (χ1) is 15.9. The zero-order valence-electron chi connectivity index (χ0n) is 18.6. The van der Waals surface area contributed by atoms with Crippen molar-refractivity contribution in [2.75, 3.05) is 39.4 Å². The highest BCUT2D eigenvalue weighted by Crippen LogP contribution is 2.24. The number of halogens is 1. The van der Waals surface area contributed by atoms with E-state index in [0.717, 1.165) is 50.5 Å². The van der Waals surface area contributed by atoms with Gasteiger partial charge in [-0.05, 0) is 48.2 Å². The van der Waals surface area contributed by atoms with E-state index in [2.05, 4.69) is 22.3 Å². The summed E-state index contributed by atoms with van der Waals surface area (Å²) in [5.74, 6) is -1.04. The molecule has 2 saturated heterocycles. The minimum atomic E-state index is -3.76. The van der Waals surface area contributed by atoms with Crippen LogP contribution in [-0.2, 0) is 32.6 Å². The molecule has 2 fully saturated rings. The summed E-state index contributed by atoms with van der Waals surface area (Å²) in [6.07, 6.45) is 1.24. The number of morpholine rings is 1. The number of hydrogen-bond acceptors (Lipinski definition) is 5. The topological polar surface area (TPSA) is 79.0 Å². The molecule has 2 aromatic rings. The number of hydrogen-bond donors (Lipinski definition) is 1. The number of sulfonamides is 1. The van der Waals surface area contributed by atoms with Gasteiger partial charge in [0.1, 0.15) is 5.82 Å². The Morgan fingerprint density at radius 1 is 1.06 bits per heavy atom. The van der Waals surface area contributed by atoms with E-state index in [-0.39, 0.29) is 17.3 Å². The van der Waals surface area contributed by atoms with Gasteiger partial charge in [-0.25, -0.2) is 12.8 Å². The molecule has 9 heteroatoms. The lowest BCUT2D eigenvalue weighted by atomic mass is 9.98. The number of nitrogens with zero attached hydrogens (tertiary/aromatic N) is 2. The molecule has 1 N–H and O–H groups in total. The molecular weight excluding hydrogens is 445 g/mol. The van der Waals surface area contributed by atoms with Crippen LogP contribution in [0.1, 0.15) is 24.0 Å². The first-order valence-electron chi connectivity index (χ1n) is 11.3. The lowest BCUT2D eigenvalue weighted by molar-refractivity contribution is -0.126. The Kier molecular flexibility index (Phi) is 7.75. The molecule has 33 heavy (non-hydrogen) atoms. The maximum Gasteiger partial charge on any atom is 0.243 e. The lowest BCUT2D eigenvalue weighted by Gasteiger charge is -2.31. The Labute approximate surface area is 194 Å². The fraction of sp³-hybridized carbons (Fsp3) is 0.458. The smallest absolute Gasteiger partial charge is 0.243 e. The van der Waals surface area contributed by atoms with E-state index >= 15 is 0 Å². The number of piperidine rings is 1. The van der Waals surface area contributed by atoms with Gasteiger partial charge in [0.15, 0.2) is 0 Å². The van der Waals surface area contributed by atoms with Crippen molar-refractivity contribution >= 4 is 15.9 Å². The molecule has 2 aliphatic heterocycles. The second-order valence-corrected chi connectivity index (χ2v) is 10.5. The zero-order valence-corrected chi connectivity index (χ0v) is 19.4. The third-order valence-corrected chi connectivity index (χ3v) is 8.05. The van der Waals surface area contributed by atoms with Crippen LogP contribution in [0.5, 0.6) is 0 Å². The molecule has 178 valence electrons. The maximum absolute atomic E-state index is 13.2. The second-order valence-electron chi connectivity index (χ2n) is 8.58. The van der Waals surface area contributed by atoms with E-state index in [4.69, 9.17) is 4.74 Å². The summed E-state index contributed by atoms with van der Waals surface area (Å²) >= 11 is 0. The largest absolute Gasteiger partial charge is 0.379 e. The summed E-state index contributed by atoms with van der Waals surface area (Å²) < 4.78 is 45.7. The van der Waals surface area contributed by atoms with Crippen LogP contribution in [-0.4, -0.2) is 62.9 Å². The fourth-order valence-corrected chi connectivity index (χ4v) is 5.84. The molecule has 0 aromatic heterocycles. The minimum absolute atomic E-state index is 0.0436. The molecule has 4 rings (SSSR count). The van der Waals surface area contributed by atoms with Crippen molar-refractivity contribution in [1.82, 2.24) is 14.5 Å². The third-order valence-electron chi connectivity index (χ3n) is 6.17.